The molecule has 4 rings (SSSR count). The second-order valence-corrected chi connectivity index (χ2v) is 8.29. The fourth-order valence-electron chi connectivity index (χ4n) is 4.48. The standard InChI is InChI=1S/C25H30N2O4/c1-30-22-9-5-3-7-18(22)15-24(28)26-14-13-21(17-26)27(20-11-12-20)25(29)16-19-8-4-6-10-23(19)31-2/h3-10,20-21H,11-17H2,1-2H3/t21-/m0/s1. The Morgan fingerprint density at radius 2 is 1.45 bits per heavy atom. The predicted octanol–water partition coefficient (Wildman–Crippen LogP) is 3.08. The molecule has 1 heterocycles. The summed E-state index contributed by atoms with van der Waals surface area (Å²) in [5.41, 5.74) is 1.80. The number of nitrogens with zero attached hydrogens (tertiary/aromatic N) is 2. The third-order valence-electron chi connectivity index (χ3n) is 6.21. The highest BCUT2D eigenvalue weighted by Gasteiger charge is 2.40. The summed E-state index contributed by atoms with van der Waals surface area (Å²) >= 11 is 0. The maximum absolute atomic E-state index is 13.3. The number of carbonyl (C=O) groups excluding carboxylic acids is 2. The van der Waals surface area contributed by atoms with Gasteiger partial charge in [0.15, 0.2) is 0 Å². The second-order valence-electron chi connectivity index (χ2n) is 8.29. The second kappa shape index (κ2) is 9.41. The van der Waals surface area contributed by atoms with Crippen molar-refractivity contribution >= 4 is 11.8 Å². The number of ether oxygens (including phenoxy) is 2. The van der Waals surface area contributed by atoms with Gasteiger partial charge >= 0.3 is 0 Å². The lowest BCUT2D eigenvalue weighted by Crippen LogP contribution is -2.45. The number of para-hydroxylation sites is 2. The first-order valence-corrected chi connectivity index (χ1v) is 10.9. The third kappa shape index (κ3) is 4.84. The van der Waals surface area contributed by atoms with Crippen molar-refractivity contribution in [2.75, 3.05) is 27.3 Å². The van der Waals surface area contributed by atoms with Gasteiger partial charge in [-0.3, -0.25) is 9.59 Å². The highest BCUT2D eigenvalue weighted by atomic mass is 16.5. The molecule has 6 heteroatoms. The summed E-state index contributed by atoms with van der Waals surface area (Å²) < 4.78 is 10.8. The van der Waals surface area contributed by atoms with Gasteiger partial charge in [-0.15, -0.1) is 0 Å². The van der Waals surface area contributed by atoms with Crippen LogP contribution in [-0.2, 0) is 22.4 Å². The van der Waals surface area contributed by atoms with Gasteiger partial charge in [-0.25, -0.2) is 0 Å². The van der Waals surface area contributed by atoms with Crippen LogP contribution in [0.2, 0.25) is 0 Å². The molecule has 31 heavy (non-hydrogen) atoms. The van der Waals surface area contributed by atoms with E-state index in [1.165, 1.54) is 0 Å². The van der Waals surface area contributed by atoms with Crippen molar-refractivity contribution in [1.29, 1.82) is 0 Å². The van der Waals surface area contributed by atoms with Gasteiger partial charge in [0.1, 0.15) is 11.5 Å². The van der Waals surface area contributed by atoms with Gasteiger partial charge in [-0.05, 0) is 31.4 Å². The third-order valence-corrected chi connectivity index (χ3v) is 6.21. The molecule has 0 unspecified atom stereocenters. The Morgan fingerprint density at radius 3 is 2.03 bits per heavy atom. The van der Waals surface area contributed by atoms with E-state index in [0.29, 0.717) is 32.0 Å². The SMILES string of the molecule is COc1ccccc1CC(=O)N1CC[C@H](N(C(=O)Cc2ccccc2OC)C2CC2)C1. The van der Waals surface area contributed by atoms with Crippen LogP contribution in [0, 0.1) is 0 Å². The molecule has 0 aromatic heterocycles. The molecule has 0 N–H and O–H groups in total. The van der Waals surface area contributed by atoms with E-state index >= 15 is 0 Å². The Kier molecular flexibility index (Phi) is 6.44. The first-order valence-electron chi connectivity index (χ1n) is 10.9. The fourth-order valence-corrected chi connectivity index (χ4v) is 4.48. The molecule has 1 aliphatic carbocycles. The highest BCUT2D eigenvalue weighted by Crippen LogP contribution is 2.33. The minimum Gasteiger partial charge on any atom is -0.496 e. The average Bonchev–Trinajstić information content (AvgIpc) is 3.49. The maximum Gasteiger partial charge on any atom is 0.227 e. The number of rotatable bonds is 8. The van der Waals surface area contributed by atoms with Crippen LogP contribution in [0.15, 0.2) is 48.5 Å². The summed E-state index contributed by atoms with van der Waals surface area (Å²) in [6, 6.07) is 15.7. The highest BCUT2D eigenvalue weighted by molar-refractivity contribution is 5.82. The molecule has 0 radical (unpaired) electrons. The molecular weight excluding hydrogens is 392 g/mol. The minimum absolute atomic E-state index is 0.0799. The van der Waals surface area contributed by atoms with Crippen LogP contribution in [0.3, 0.4) is 0 Å². The van der Waals surface area contributed by atoms with Crippen molar-refractivity contribution < 1.29 is 19.1 Å². The summed E-state index contributed by atoms with van der Waals surface area (Å²) in [4.78, 5) is 30.1. The maximum atomic E-state index is 13.3. The molecule has 164 valence electrons. The number of hydrogen-bond donors (Lipinski definition) is 0. The smallest absolute Gasteiger partial charge is 0.227 e. The molecular formula is C25H30N2O4. The molecule has 1 saturated carbocycles. The van der Waals surface area contributed by atoms with E-state index in [4.69, 9.17) is 9.47 Å². The summed E-state index contributed by atoms with van der Waals surface area (Å²) in [6.07, 6.45) is 3.56. The fraction of sp³-hybridized carbons (Fsp3) is 0.440. The molecule has 2 aromatic rings. The van der Waals surface area contributed by atoms with Gasteiger partial charge in [0.05, 0.1) is 33.1 Å². The monoisotopic (exact) mass is 422 g/mol. The summed E-state index contributed by atoms with van der Waals surface area (Å²) in [5.74, 6) is 1.68. The Morgan fingerprint density at radius 1 is 0.871 bits per heavy atom. The quantitative estimate of drug-likeness (QED) is 0.656. The van der Waals surface area contributed by atoms with Crippen LogP contribution < -0.4 is 9.47 Å². The summed E-state index contributed by atoms with van der Waals surface area (Å²) in [5, 5.41) is 0. The minimum atomic E-state index is 0.0799. The molecule has 6 nitrogen and oxygen atoms in total. The molecule has 0 spiro atoms. The summed E-state index contributed by atoms with van der Waals surface area (Å²) in [6.45, 7) is 1.28. The molecule has 0 bridgehead atoms. The normalized spacial score (nSPS) is 18.0. The van der Waals surface area contributed by atoms with Crippen molar-refractivity contribution in [3.8, 4) is 11.5 Å². The van der Waals surface area contributed by atoms with Crippen molar-refractivity contribution in [2.45, 2.75) is 44.2 Å². The molecule has 2 aromatic carbocycles. The molecule has 1 saturated heterocycles. The Bertz CT molecular complexity index is 941. The number of benzene rings is 2. The Balaban J connectivity index is 1.41. The largest absolute Gasteiger partial charge is 0.496 e. The number of methoxy groups -OCH3 is 2. The Labute approximate surface area is 183 Å². The zero-order chi connectivity index (χ0) is 21.8. The zero-order valence-electron chi connectivity index (χ0n) is 18.3. The van der Waals surface area contributed by atoms with E-state index in [1.807, 2.05) is 58.3 Å². The lowest BCUT2D eigenvalue weighted by atomic mass is 10.1. The van der Waals surface area contributed by atoms with Crippen molar-refractivity contribution in [3.05, 3.63) is 59.7 Å². The first kappa shape index (κ1) is 21.2. The number of hydrogen-bond acceptors (Lipinski definition) is 4. The van der Waals surface area contributed by atoms with Gasteiger partial charge < -0.3 is 19.3 Å². The van der Waals surface area contributed by atoms with Crippen LogP contribution in [-0.4, -0.2) is 61.0 Å². The van der Waals surface area contributed by atoms with Crippen LogP contribution in [0.5, 0.6) is 11.5 Å². The average molecular weight is 423 g/mol. The van der Waals surface area contributed by atoms with Crippen molar-refractivity contribution in [2.24, 2.45) is 0 Å². The molecule has 2 aliphatic rings. The van der Waals surface area contributed by atoms with Crippen LogP contribution >= 0.6 is 0 Å². The van der Waals surface area contributed by atoms with Crippen LogP contribution in [0.4, 0.5) is 0 Å². The molecule has 1 aliphatic heterocycles. The van der Waals surface area contributed by atoms with E-state index in [2.05, 4.69) is 0 Å². The number of carbonyl (C=O) groups is 2. The molecule has 2 fully saturated rings. The van der Waals surface area contributed by atoms with Gasteiger partial charge in [0, 0.05) is 30.3 Å². The van der Waals surface area contributed by atoms with E-state index in [-0.39, 0.29) is 17.9 Å². The zero-order valence-corrected chi connectivity index (χ0v) is 18.3. The molecule has 1 atom stereocenters. The van der Waals surface area contributed by atoms with E-state index in [0.717, 1.165) is 41.9 Å². The van der Waals surface area contributed by atoms with E-state index in [9.17, 15) is 9.59 Å². The Hall–Kier alpha value is -3.02. The lowest BCUT2D eigenvalue weighted by Gasteiger charge is -2.29. The first-order chi connectivity index (χ1) is 15.1. The van der Waals surface area contributed by atoms with Crippen molar-refractivity contribution in [3.63, 3.8) is 0 Å². The van der Waals surface area contributed by atoms with Crippen molar-refractivity contribution in [1.82, 2.24) is 9.80 Å². The summed E-state index contributed by atoms with van der Waals surface area (Å²) in [7, 11) is 3.25. The van der Waals surface area contributed by atoms with Gasteiger partial charge in [-0.1, -0.05) is 36.4 Å². The van der Waals surface area contributed by atoms with Gasteiger partial charge in [0.2, 0.25) is 11.8 Å². The van der Waals surface area contributed by atoms with Gasteiger partial charge in [-0.2, -0.15) is 0 Å². The van der Waals surface area contributed by atoms with E-state index < -0.39 is 0 Å². The number of likely N-dealkylation sites (tertiary alicyclic amines) is 1. The topological polar surface area (TPSA) is 59.1 Å². The lowest BCUT2D eigenvalue weighted by molar-refractivity contribution is -0.135. The number of amides is 2. The molecule has 2 amide bonds. The predicted molar refractivity (Wildman–Crippen MR) is 118 cm³/mol. The van der Waals surface area contributed by atoms with Crippen LogP contribution in [0.25, 0.3) is 0 Å². The van der Waals surface area contributed by atoms with Crippen LogP contribution in [0.1, 0.15) is 30.4 Å². The van der Waals surface area contributed by atoms with Gasteiger partial charge in [0.25, 0.3) is 0 Å². The van der Waals surface area contributed by atoms with E-state index in [1.54, 1.807) is 14.2 Å².